The molecule has 3 fully saturated rings. The van der Waals surface area contributed by atoms with Crippen LogP contribution in [0.1, 0.15) is 26.2 Å². The van der Waals surface area contributed by atoms with E-state index in [4.69, 9.17) is 0 Å². The first-order chi connectivity index (χ1) is 9.75. The summed E-state index contributed by atoms with van der Waals surface area (Å²) in [6.45, 7) is 4.90. The van der Waals surface area contributed by atoms with Crippen LogP contribution in [0.15, 0.2) is 30.3 Å². The van der Waals surface area contributed by atoms with E-state index in [0.29, 0.717) is 12.2 Å². The first-order valence-electron chi connectivity index (χ1n) is 7.82. The van der Waals surface area contributed by atoms with Gasteiger partial charge >= 0.3 is 0 Å². The number of fused-ring (bicyclic) bond motifs is 5. The number of nitrogens with zero attached hydrogens (tertiary/aromatic N) is 3. The Kier molecular flexibility index (Phi) is 2.77. The summed E-state index contributed by atoms with van der Waals surface area (Å²) in [6, 6.07) is 11.8. The van der Waals surface area contributed by atoms with Crippen molar-refractivity contribution in [2.24, 2.45) is 7.05 Å². The van der Waals surface area contributed by atoms with Crippen molar-refractivity contribution in [3.05, 3.63) is 30.3 Å². The molecule has 0 N–H and O–H groups in total. The molecule has 3 saturated heterocycles. The highest BCUT2D eigenvalue weighted by molar-refractivity contribution is 5.85. The zero-order valence-electron chi connectivity index (χ0n) is 12.4. The molecule has 0 aliphatic carbocycles. The molecule has 3 nitrogen and oxygen atoms in total. The van der Waals surface area contributed by atoms with Crippen LogP contribution in [0.3, 0.4) is 0 Å². The van der Waals surface area contributed by atoms with Crippen molar-refractivity contribution in [2.45, 2.75) is 38.4 Å². The van der Waals surface area contributed by atoms with Gasteiger partial charge in [-0.1, -0.05) is 18.2 Å². The van der Waals surface area contributed by atoms with Crippen molar-refractivity contribution >= 4 is 16.7 Å². The maximum absolute atomic E-state index is 2.66. The number of aromatic nitrogens is 1. The topological polar surface area (TPSA) is 11.4 Å². The van der Waals surface area contributed by atoms with Gasteiger partial charge in [0.1, 0.15) is 5.82 Å². The van der Waals surface area contributed by atoms with Crippen molar-refractivity contribution in [3.8, 4) is 0 Å². The lowest BCUT2D eigenvalue weighted by molar-refractivity contribution is 0.176. The maximum Gasteiger partial charge on any atom is 0.110 e. The molecule has 20 heavy (non-hydrogen) atoms. The molecule has 0 amide bonds. The fraction of sp³-hybridized carbons (Fsp3) is 0.529. The molecular formula is C17H23N3. The van der Waals surface area contributed by atoms with Gasteiger partial charge in [-0.3, -0.25) is 4.90 Å². The lowest BCUT2D eigenvalue weighted by Gasteiger charge is -2.45. The van der Waals surface area contributed by atoms with Gasteiger partial charge in [0, 0.05) is 37.1 Å². The first kappa shape index (κ1) is 12.3. The van der Waals surface area contributed by atoms with Crippen LogP contribution in [0.25, 0.3) is 10.9 Å². The quantitative estimate of drug-likeness (QED) is 0.787. The molecule has 2 aromatic rings. The molecule has 3 aliphatic heterocycles. The molecule has 2 bridgehead atoms. The van der Waals surface area contributed by atoms with E-state index < -0.39 is 0 Å². The minimum absolute atomic E-state index is 0.527. The van der Waals surface area contributed by atoms with E-state index in [9.17, 15) is 0 Å². The van der Waals surface area contributed by atoms with E-state index in [1.165, 1.54) is 49.1 Å². The molecule has 5 rings (SSSR count). The molecule has 0 radical (unpaired) electrons. The molecule has 3 atom stereocenters. The Balaban J connectivity index is 1.83. The third kappa shape index (κ3) is 1.69. The SMILES string of the molecule is C[C@H]1N2CCCC(CC2)N1c1cc2ccccc2n1C. The Morgan fingerprint density at radius 2 is 1.95 bits per heavy atom. The summed E-state index contributed by atoms with van der Waals surface area (Å²) in [7, 11) is 2.21. The second kappa shape index (κ2) is 4.52. The third-order valence-corrected chi connectivity index (χ3v) is 5.25. The molecule has 1 aromatic carbocycles. The molecule has 3 heteroatoms. The Hall–Kier alpha value is -1.48. The average Bonchev–Trinajstić information content (AvgIpc) is 2.63. The van der Waals surface area contributed by atoms with Gasteiger partial charge < -0.3 is 9.47 Å². The molecule has 3 aliphatic rings. The first-order valence-corrected chi connectivity index (χ1v) is 7.82. The van der Waals surface area contributed by atoms with Crippen LogP contribution in [0.4, 0.5) is 5.82 Å². The van der Waals surface area contributed by atoms with Crippen molar-refractivity contribution < 1.29 is 0 Å². The van der Waals surface area contributed by atoms with Crippen LogP contribution in [0.2, 0.25) is 0 Å². The minimum atomic E-state index is 0.527. The van der Waals surface area contributed by atoms with Gasteiger partial charge in [-0.2, -0.15) is 0 Å². The van der Waals surface area contributed by atoms with Crippen LogP contribution in [0, 0.1) is 0 Å². The van der Waals surface area contributed by atoms with E-state index in [1.807, 2.05) is 0 Å². The Bertz CT molecular complexity index is 624. The van der Waals surface area contributed by atoms with Crippen LogP contribution < -0.4 is 4.90 Å². The summed E-state index contributed by atoms with van der Waals surface area (Å²) >= 11 is 0. The highest BCUT2D eigenvalue weighted by Gasteiger charge is 2.36. The van der Waals surface area contributed by atoms with Crippen LogP contribution in [-0.4, -0.2) is 34.8 Å². The number of para-hydroxylation sites is 1. The number of hydrogen-bond acceptors (Lipinski definition) is 2. The molecular weight excluding hydrogens is 246 g/mol. The van der Waals surface area contributed by atoms with E-state index in [-0.39, 0.29) is 0 Å². The summed E-state index contributed by atoms with van der Waals surface area (Å²) in [4.78, 5) is 5.30. The maximum atomic E-state index is 2.66. The normalized spacial score (nSPS) is 29.9. The van der Waals surface area contributed by atoms with Gasteiger partial charge in [-0.15, -0.1) is 0 Å². The Morgan fingerprint density at radius 3 is 2.80 bits per heavy atom. The van der Waals surface area contributed by atoms with Gasteiger partial charge in [0.2, 0.25) is 0 Å². The number of hydrogen-bond donors (Lipinski definition) is 0. The van der Waals surface area contributed by atoms with Gasteiger partial charge in [-0.05, 0) is 38.3 Å². The fourth-order valence-corrected chi connectivity index (χ4v) is 4.13. The summed E-state index contributed by atoms with van der Waals surface area (Å²) in [5, 5.41) is 1.35. The summed E-state index contributed by atoms with van der Waals surface area (Å²) in [6.07, 6.45) is 4.52. The molecule has 2 unspecified atom stereocenters. The smallest absolute Gasteiger partial charge is 0.110 e. The summed E-state index contributed by atoms with van der Waals surface area (Å²) < 4.78 is 2.37. The van der Waals surface area contributed by atoms with Gasteiger partial charge in [0.15, 0.2) is 0 Å². The van der Waals surface area contributed by atoms with E-state index in [1.54, 1.807) is 0 Å². The summed E-state index contributed by atoms with van der Waals surface area (Å²) in [5.74, 6) is 1.38. The second-order valence-corrected chi connectivity index (χ2v) is 6.28. The van der Waals surface area contributed by atoms with Crippen molar-refractivity contribution in [1.82, 2.24) is 9.47 Å². The molecule has 106 valence electrons. The highest BCUT2D eigenvalue weighted by Crippen LogP contribution is 2.35. The average molecular weight is 269 g/mol. The summed E-state index contributed by atoms with van der Waals surface area (Å²) in [5.41, 5.74) is 1.34. The van der Waals surface area contributed by atoms with Crippen LogP contribution in [-0.2, 0) is 7.05 Å². The van der Waals surface area contributed by atoms with Gasteiger partial charge in [-0.25, -0.2) is 0 Å². The third-order valence-electron chi connectivity index (χ3n) is 5.25. The number of benzene rings is 1. The van der Waals surface area contributed by atoms with Crippen LogP contribution in [0.5, 0.6) is 0 Å². The highest BCUT2D eigenvalue weighted by atomic mass is 15.4. The number of rotatable bonds is 1. The zero-order valence-corrected chi connectivity index (χ0v) is 12.4. The Labute approximate surface area is 120 Å². The largest absolute Gasteiger partial charge is 0.339 e. The van der Waals surface area contributed by atoms with Gasteiger partial charge in [0.25, 0.3) is 0 Å². The second-order valence-electron chi connectivity index (χ2n) is 6.28. The monoisotopic (exact) mass is 269 g/mol. The van der Waals surface area contributed by atoms with Crippen molar-refractivity contribution in [3.63, 3.8) is 0 Å². The standard InChI is InChI=1S/C17H23N3/c1-13-19-10-5-7-15(9-11-19)20(13)17-12-14-6-3-4-8-16(14)18(17)2/h3-4,6,8,12-13,15H,5,7,9-11H2,1-2H3/t13-,15?/m0/s1. The number of aryl methyl sites for hydroxylation is 1. The zero-order chi connectivity index (χ0) is 13.7. The fourth-order valence-electron chi connectivity index (χ4n) is 4.13. The van der Waals surface area contributed by atoms with Gasteiger partial charge in [0.05, 0.1) is 6.17 Å². The van der Waals surface area contributed by atoms with E-state index in [2.05, 4.69) is 58.7 Å². The molecule has 1 aromatic heterocycles. The lowest BCUT2D eigenvalue weighted by Crippen LogP contribution is -2.55. The molecule has 0 saturated carbocycles. The minimum Gasteiger partial charge on any atom is -0.339 e. The van der Waals surface area contributed by atoms with E-state index in [0.717, 1.165) is 0 Å². The van der Waals surface area contributed by atoms with Crippen molar-refractivity contribution in [1.29, 1.82) is 0 Å². The molecule has 0 spiro atoms. The van der Waals surface area contributed by atoms with E-state index >= 15 is 0 Å². The predicted molar refractivity (Wildman–Crippen MR) is 84.1 cm³/mol. The Morgan fingerprint density at radius 1 is 1.10 bits per heavy atom. The molecule has 4 heterocycles. The predicted octanol–water partition coefficient (Wildman–Crippen LogP) is 3.20. The van der Waals surface area contributed by atoms with Crippen LogP contribution >= 0.6 is 0 Å². The lowest BCUT2D eigenvalue weighted by atomic mass is 10.1. The van der Waals surface area contributed by atoms with Crippen molar-refractivity contribution in [2.75, 3.05) is 18.0 Å². The number of anilines is 1.